The molecule has 0 atom stereocenters. The second-order valence-electron chi connectivity index (χ2n) is 6.19. The van der Waals surface area contributed by atoms with Crippen molar-refractivity contribution in [3.63, 3.8) is 0 Å². The molecule has 0 unspecified atom stereocenters. The Morgan fingerprint density at radius 2 is 1.93 bits per heavy atom. The van der Waals surface area contributed by atoms with Crippen LogP contribution in [0.4, 0.5) is 23.0 Å². The Morgan fingerprint density at radius 1 is 1.14 bits per heavy atom. The number of rotatable bonds is 7. The number of hydrogen-bond donors (Lipinski definition) is 3. The second kappa shape index (κ2) is 8.75. The Labute approximate surface area is 169 Å². The Hall–Kier alpha value is -3.06. The summed E-state index contributed by atoms with van der Waals surface area (Å²) in [6, 6.07) is 11.1. The number of carbonyl (C=O) groups excluding carboxylic acids is 1. The minimum Gasteiger partial charge on any atom is -0.354 e. The van der Waals surface area contributed by atoms with Gasteiger partial charge in [-0.05, 0) is 32.9 Å². The van der Waals surface area contributed by atoms with Gasteiger partial charge in [0.25, 0.3) is 5.91 Å². The van der Waals surface area contributed by atoms with Gasteiger partial charge < -0.3 is 16.0 Å². The fraction of sp³-hybridized carbons (Fsp3) is 0.250. The third kappa shape index (κ3) is 4.43. The molecule has 1 amide bonds. The van der Waals surface area contributed by atoms with Crippen LogP contribution in [0.15, 0.2) is 42.6 Å². The van der Waals surface area contributed by atoms with Gasteiger partial charge in [-0.2, -0.15) is 5.10 Å². The molecular formula is C20H23ClN6O. The summed E-state index contributed by atoms with van der Waals surface area (Å²) < 4.78 is 1.86. The molecule has 0 saturated heterocycles. The second-order valence-corrected chi connectivity index (χ2v) is 6.60. The monoisotopic (exact) mass is 398 g/mol. The van der Waals surface area contributed by atoms with Gasteiger partial charge >= 0.3 is 0 Å². The molecule has 2 heterocycles. The first-order valence-corrected chi connectivity index (χ1v) is 9.50. The number of nitrogens with zero attached hydrogens (tertiary/aromatic N) is 3. The smallest absolute Gasteiger partial charge is 0.253 e. The lowest BCUT2D eigenvalue weighted by atomic mass is 10.1. The van der Waals surface area contributed by atoms with Gasteiger partial charge in [0.2, 0.25) is 0 Å². The molecule has 0 aliphatic rings. The van der Waals surface area contributed by atoms with Gasteiger partial charge in [-0.1, -0.05) is 23.7 Å². The van der Waals surface area contributed by atoms with Gasteiger partial charge in [-0.25, -0.2) is 9.67 Å². The van der Waals surface area contributed by atoms with Gasteiger partial charge in [0, 0.05) is 25.2 Å². The van der Waals surface area contributed by atoms with Crippen LogP contribution in [0.1, 0.15) is 29.9 Å². The van der Waals surface area contributed by atoms with Crippen LogP contribution in [-0.2, 0) is 6.54 Å². The molecule has 0 aliphatic carbocycles. The summed E-state index contributed by atoms with van der Waals surface area (Å²) in [5.41, 5.74) is 2.79. The molecule has 146 valence electrons. The van der Waals surface area contributed by atoms with Crippen LogP contribution in [-0.4, -0.2) is 27.2 Å². The van der Waals surface area contributed by atoms with Crippen molar-refractivity contribution in [2.24, 2.45) is 0 Å². The fourth-order valence-electron chi connectivity index (χ4n) is 2.81. The van der Waals surface area contributed by atoms with Crippen LogP contribution in [0.5, 0.6) is 0 Å². The molecule has 0 spiro atoms. The average Bonchev–Trinajstić information content (AvgIpc) is 3.04. The molecule has 3 rings (SSSR count). The van der Waals surface area contributed by atoms with E-state index in [-0.39, 0.29) is 5.91 Å². The number of amides is 1. The summed E-state index contributed by atoms with van der Waals surface area (Å²) in [6.07, 6.45) is 1.57. The molecule has 3 N–H and O–H groups in total. The lowest BCUT2D eigenvalue weighted by molar-refractivity contribution is 0.0956. The van der Waals surface area contributed by atoms with E-state index in [9.17, 15) is 4.79 Å². The van der Waals surface area contributed by atoms with E-state index in [2.05, 4.69) is 26.0 Å². The zero-order valence-electron chi connectivity index (χ0n) is 16.1. The number of carbonyl (C=O) groups is 1. The normalized spacial score (nSPS) is 10.6. The van der Waals surface area contributed by atoms with E-state index in [1.165, 1.54) is 0 Å². The molecule has 2 aromatic heterocycles. The lowest BCUT2D eigenvalue weighted by Gasteiger charge is -2.14. The van der Waals surface area contributed by atoms with E-state index >= 15 is 0 Å². The first kappa shape index (κ1) is 19.7. The Kier molecular flexibility index (Phi) is 6.16. The van der Waals surface area contributed by atoms with Gasteiger partial charge in [0.15, 0.2) is 0 Å². The summed E-state index contributed by atoms with van der Waals surface area (Å²) in [4.78, 5) is 16.6. The summed E-state index contributed by atoms with van der Waals surface area (Å²) >= 11 is 6.33. The number of halogens is 1. The van der Waals surface area contributed by atoms with Crippen LogP contribution in [0, 0.1) is 6.92 Å². The van der Waals surface area contributed by atoms with E-state index in [0.717, 1.165) is 18.1 Å². The lowest BCUT2D eigenvalue weighted by Crippen LogP contribution is -2.23. The topological polar surface area (TPSA) is 83.9 Å². The Bertz CT molecular complexity index is 985. The SMILES string of the molecule is CCNC(=O)c1ccccc1Nc1cc(Nc2cc(C)nn2CC)ncc1Cl. The van der Waals surface area contributed by atoms with Crippen molar-refractivity contribution in [3.8, 4) is 0 Å². The molecule has 8 heteroatoms. The quantitative estimate of drug-likeness (QED) is 0.545. The number of nitrogens with one attached hydrogen (secondary N) is 3. The molecule has 7 nitrogen and oxygen atoms in total. The van der Waals surface area contributed by atoms with E-state index in [4.69, 9.17) is 11.6 Å². The van der Waals surface area contributed by atoms with Crippen LogP contribution in [0.3, 0.4) is 0 Å². The van der Waals surface area contributed by atoms with Crippen molar-refractivity contribution < 1.29 is 4.79 Å². The van der Waals surface area contributed by atoms with Crippen molar-refractivity contribution in [1.82, 2.24) is 20.1 Å². The minimum absolute atomic E-state index is 0.142. The molecular weight excluding hydrogens is 376 g/mol. The maximum Gasteiger partial charge on any atom is 0.253 e. The highest BCUT2D eigenvalue weighted by Gasteiger charge is 2.13. The summed E-state index contributed by atoms with van der Waals surface area (Å²) in [6.45, 7) is 7.15. The molecule has 28 heavy (non-hydrogen) atoms. The standard InChI is InChI=1S/C20H23ClN6O/c1-4-22-20(28)14-8-6-7-9-16(14)24-17-11-18(23-12-15(17)21)25-19-10-13(3)26-27(19)5-2/h6-12H,4-5H2,1-3H3,(H,22,28)(H2,23,24,25). The van der Waals surface area contributed by atoms with Crippen molar-refractivity contribution in [2.45, 2.75) is 27.3 Å². The number of benzene rings is 1. The van der Waals surface area contributed by atoms with E-state index in [1.807, 2.05) is 49.7 Å². The number of aryl methyl sites for hydroxylation is 2. The molecule has 3 aromatic rings. The predicted molar refractivity (Wildman–Crippen MR) is 113 cm³/mol. The molecule has 0 aliphatic heterocycles. The zero-order valence-corrected chi connectivity index (χ0v) is 16.8. The van der Waals surface area contributed by atoms with Gasteiger partial charge in [0.05, 0.1) is 33.9 Å². The third-order valence-electron chi connectivity index (χ3n) is 4.09. The van der Waals surface area contributed by atoms with Gasteiger partial charge in [-0.15, -0.1) is 0 Å². The van der Waals surface area contributed by atoms with E-state index in [1.54, 1.807) is 18.3 Å². The van der Waals surface area contributed by atoms with E-state index < -0.39 is 0 Å². The van der Waals surface area contributed by atoms with Crippen molar-refractivity contribution >= 4 is 40.5 Å². The fourth-order valence-corrected chi connectivity index (χ4v) is 2.96. The average molecular weight is 399 g/mol. The van der Waals surface area contributed by atoms with Crippen molar-refractivity contribution in [2.75, 3.05) is 17.2 Å². The maximum atomic E-state index is 12.3. The molecule has 0 fully saturated rings. The largest absolute Gasteiger partial charge is 0.354 e. The van der Waals surface area contributed by atoms with Crippen molar-refractivity contribution in [1.29, 1.82) is 0 Å². The summed E-state index contributed by atoms with van der Waals surface area (Å²) in [5, 5.41) is 14.2. The van der Waals surface area contributed by atoms with Crippen molar-refractivity contribution in [3.05, 3.63) is 58.9 Å². The Balaban J connectivity index is 1.88. The van der Waals surface area contributed by atoms with Crippen LogP contribution in [0.2, 0.25) is 5.02 Å². The predicted octanol–water partition coefficient (Wildman–Crippen LogP) is 4.50. The van der Waals surface area contributed by atoms with Crippen LogP contribution < -0.4 is 16.0 Å². The summed E-state index contributed by atoms with van der Waals surface area (Å²) in [5.74, 6) is 1.33. The van der Waals surface area contributed by atoms with Crippen LogP contribution >= 0.6 is 11.6 Å². The van der Waals surface area contributed by atoms with E-state index in [0.29, 0.717) is 34.3 Å². The van der Waals surface area contributed by atoms with Gasteiger partial charge in [0.1, 0.15) is 11.6 Å². The maximum absolute atomic E-state index is 12.3. The first-order valence-electron chi connectivity index (χ1n) is 9.13. The minimum atomic E-state index is -0.142. The highest BCUT2D eigenvalue weighted by atomic mass is 35.5. The first-order chi connectivity index (χ1) is 13.5. The summed E-state index contributed by atoms with van der Waals surface area (Å²) in [7, 11) is 0. The number of pyridine rings is 1. The molecule has 0 radical (unpaired) electrons. The molecule has 1 aromatic carbocycles. The highest BCUT2D eigenvalue weighted by Crippen LogP contribution is 2.29. The number of para-hydroxylation sites is 1. The highest BCUT2D eigenvalue weighted by molar-refractivity contribution is 6.33. The Morgan fingerprint density at radius 3 is 2.68 bits per heavy atom. The van der Waals surface area contributed by atoms with Gasteiger partial charge in [-0.3, -0.25) is 4.79 Å². The molecule has 0 saturated carbocycles. The number of hydrogen-bond acceptors (Lipinski definition) is 5. The third-order valence-corrected chi connectivity index (χ3v) is 4.39. The zero-order chi connectivity index (χ0) is 20.1. The van der Waals surface area contributed by atoms with Crippen LogP contribution in [0.25, 0.3) is 0 Å². The molecule has 0 bridgehead atoms. The number of aromatic nitrogens is 3. The number of anilines is 4.